The molecule has 0 aliphatic carbocycles. The summed E-state index contributed by atoms with van der Waals surface area (Å²) in [4.78, 5) is 12.0. The van der Waals surface area contributed by atoms with Crippen LogP contribution in [0.3, 0.4) is 0 Å². The molecule has 0 unspecified atom stereocenters. The van der Waals surface area contributed by atoms with Crippen molar-refractivity contribution in [3.8, 4) is 0 Å². The van der Waals surface area contributed by atoms with Crippen molar-refractivity contribution in [3.63, 3.8) is 0 Å². The molecule has 0 heterocycles. The summed E-state index contributed by atoms with van der Waals surface area (Å²) in [6, 6.07) is 4.30. The van der Waals surface area contributed by atoms with Gasteiger partial charge in [0.25, 0.3) is 5.91 Å². The maximum atomic E-state index is 13.3. The molecule has 21 heavy (non-hydrogen) atoms. The van der Waals surface area contributed by atoms with Crippen molar-refractivity contribution in [2.45, 2.75) is 0 Å². The van der Waals surface area contributed by atoms with Crippen molar-refractivity contribution < 1.29 is 13.6 Å². The van der Waals surface area contributed by atoms with Gasteiger partial charge in [0.05, 0.1) is 20.8 Å². The van der Waals surface area contributed by atoms with Gasteiger partial charge in [0.1, 0.15) is 17.3 Å². The number of carbonyl (C=O) groups is 1. The lowest BCUT2D eigenvalue weighted by atomic mass is 10.1. The van der Waals surface area contributed by atoms with Crippen molar-refractivity contribution in [1.29, 1.82) is 0 Å². The molecule has 3 N–H and O–H groups in total. The van der Waals surface area contributed by atoms with Gasteiger partial charge in [-0.2, -0.15) is 0 Å². The van der Waals surface area contributed by atoms with Crippen LogP contribution >= 0.6 is 34.8 Å². The summed E-state index contributed by atoms with van der Waals surface area (Å²) in [5, 5.41) is 2.90. The van der Waals surface area contributed by atoms with Gasteiger partial charge in [0, 0.05) is 5.56 Å². The highest BCUT2D eigenvalue weighted by molar-refractivity contribution is 6.44. The van der Waals surface area contributed by atoms with Crippen LogP contribution in [0.15, 0.2) is 24.3 Å². The number of hydrogen-bond acceptors (Lipinski definition) is 2. The zero-order valence-electron chi connectivity index (χ0n) is 10.2. The highest BCUT2D eigenvalue weighted by Gasteiger charge is 2.15. The van der Waals surface area contributed by atoms with Crippen LogP contribution in [0.1, 0.15) is 10.4 Å². The fraction of sp³-hybridized carbons (Fsp3) is 0. The molecule has 0 aliphatic heterocycles. The Balaban J connectivity index is 2.32. The van der Waals surface area contributed by atoms with E-state index in [4.69, 9.17) is 40.5 Å². The maximum absolute atomic E-state index is 13.3. The van der Waals surface area contributed by atoms with Gasteiger partial charge in [-0.1, -0.05) is 34.8 Å². The van der Waals surface area contributed by atoms with Gasteiger partial charge < -0.3 is 11.1 Å². The zero-order valence-corrected chi connectivity index (χ0v) is 12.5. The van der Waals surface area contributed by atoms with E-state index < -0.39 is 23.2 Å². The van der Waals surface area contributed by atoms with Crippen molar-refractivity contribution >= 4 is 52.1 Å². The van der Waals surface area contributed by atoms with E-state index in [1.54, 1.807) is 0 Å². The lowest BCUT2D eigenvalue weighted by Gasteiger charge is -2.09. The second kappa shape index (κ2) is 6.05. The molecule has 0 saturated carbocycles. The Morgan fingerprint density at radius 2 is 1.48 bits per heavy atom. The van der Waals surface area contributed by atoms with Crippen molar-refractivity contribution in [3.05, 3.63) is 56.5 Å². The zero-order chi connectivity index (χ0) is 15.7. The Hall–Kier alpha value is -1.56. The standard InChI is InChI=1S/C13H7Cl3F2N2O/c14-6-3-8(16)11(4-7(6)15)20-13(21)5-1-9(17)12(19)10(18)2-5/h1-4H,19H2,(H,20,21). The Kier molecular flexibility index (Phi) is 4.56. The van der Waals surface area contributed by atoms with Crippen molar-refractivity contribution in [2.75, 3.05) is 11.1 Å². The third kappa shape index (κ3) is 3.37. The number of halogens is 5. The number of nitrogens with one attached hydrogen (secondary N) is 1. The third-order valence-electron chi connectivity index (χ3n) is 2.60. The molecular formula is C13H7Cl3F2N2O. The summed E-state index contributed by atoms with van der Waals surface area (Å²) in [5.41, 5.74) is 4.39. The number of benzene rings is 2. The van der Waals surface area contributed by atoms with Gasteiger partial charge in [-0.3, -0.25) is 4.79 Å². The van der Waals surface area contributed by atoms with Crippen LogP contribution in [0.25, 0.3) is 0 Å². The summed E-state index contributed by atoms with van der Waals surface area (Å²) < 4.78 is 26.7. The molecule has 0 spiro atoms. The Morgan fingerprint density at radius 1 is 0.952 bits per heavy atom. The predicted octanol–water partition coefficient (Wildman–Crippen LogP) is 4.76. The molecule has 0 fully saturated rings. The van der Waals surface area contributed by atoms with Crippen LogP contribution < -0.4 is 11.1 Å². The SMILES string of the molecule is Nc1c(F)cc(C(=O)Nc2cc(Cl)c(Cl)cc2Cl)cc1F. The molecule has 110 valence electrons. The smallest absolute Gasteiger partial charge is 0.255 e. The van der Waals surface area contributed by atoms with Gasteiger partial charge >= 0.3 is 0 Å². The highest BCUT2D eigenvalue weighted by atomic mass is 35.5. The molecule has 2 aromatic rings. The van der Waals surface area contributed by atoms with E-state index in [0.29, 0.717) is 0 Å². The molecule has 0 bridgehead atoms. The molecule has 8 heteroatoms. The number of carbonyl (C=O) groups excluding carboxylic acids is 1. The monoisotopic (exact) mass is 350 g/mol. The number of nitrogens with two attached hydrogens (primary N) is 1. The summed E-state index contributed by atoms with van der Waals surface area (Å²) in [6.45, 7) is 0. The van der Waals surface area contributed by atoms with Crippen LogP contribution in [0.4, 0.5) is 20.2 Å². The fourth-order valence-corrected chi connectivity index (χ4v) is 2.12. The number of anilines is 2. The first kappa shape index (κ1) is 15.8. The number of amides is 1. The summed E-state index contributed by atoms with van der Waals surface area (Å²) in [7, 11) is 0. The first-order chi connectivity index (χ1) is 9.79. The highest BCUT2D eigenvalue weighted by Crippen LogP contribution is 2.32. The van der Waals surface area contributed by atoms with Gasteiger partial charge in [-0.25, -0.2) is 8.78 Å². The van der Waals surface area contributed by atoms with Crippen LogP contribution in [-0.4, -0.2) is 5.91 Å². The van der Waals surface area contributed by atoms with Gasteiger partial charge in [0.15, 0.2) is 0 Å². The van der Waals surface area contributed by atoms with Crippen molar-refractivity contribution in [1.82, 2.24) is 0 Å². The van der Waals surface area contributed by atoms with Gasteiger partial charge in [-0.15, -0.1) is 0 Å². The second-order valence-corrected chi connectivity index (χ2v) is 5.28. The molecular weight excluding hydrogens is 345 g/mol. The minimum absolute atomic E-state index is 0.133. The summed E-state index contributed by atoms with van der Waals surface area (Å²) >= 11 is 17.5. The average Bonchev–Trinajstić information content (AvgIpc) is 2.41. The van der Waals surface area contributed by atoms with E-state index in [1.165, 1.54) is 12.1 Å². The molecule has 0 aliphatic rings. The minimum atomic E-state index is -1.03. The topological polar surface area (TPSA) is 55.1 Å². The molecule has 0 radical (unpaired) electrons. The maximum Gasteiger partial charge on any atom is 0.255 e. The number of nitrogen functional groups attached to an aromatic ring is 1. The van der Waals surface area contributed by atoms with E-state index in [1.807, 2.05) is 0 Å². The molecule has 2 rings (SSSR count). The van der Waals surface area contributed by atoms with E-state index in [2.05, 4.69) is 5.32 Å². The van der Waals surface area contributed by atoms with E-state index >= 15 is 0 Å². The van der Waals surface area contributed by atoms with Crippen LogP contribution in [0, 0.1) is 11.6 Å². The predicted molar refractivity (Wildman–Crippen MR) is 80.2 cm³/mol. The van der Waals surface area contributed by atoms with Gasteiger partial charge in [0.2, 0.25) is 0 Å². The van der Waals surface area contributed by atoms with E-state index in [0.717, 1.165) is 12.1 Å². The molecule has 0 saturated heterocycles. The quantitative estimate of drug-likeness (QED) is 0.605. The van der Waals surface area contributed by atoms with E-state index in [9.17, 15) is 13.6 Å². The van der Waals surface area contributed by atoms with Crippen LogP contribution in [0.2, 0.25) is 15.1 Å². The Bertz CT molecular complexity index is 715. The molecule has 0 aromatic heterocycles. The fourth-order valence-electron chi connectivity index (χ4n) is 1.53. The minimum Gasteiger partial charge on any atom is -0.394 e. The van der Waals surface area contributed by atoms with Crippen LogP contribution in [-0.2, 0) is 0 Å². The average molecular weight is 352 g/mol. The second-order valence-electron chi connectivity index (χ2n) is 4.05. The van der Waals surface area contributed by atoms with E-state index in [-0.39, 0.29) is 26.3 Å². The summed E-state index contributed by atoms with van der Waals surface area (Å²) in [5.74, 6) is -2.83. The normalized spacial score (nSPS) is 10.5. The molecule has 1 amide bonds. The largest absolute Gasteiger partial charge is 0.394 e. The van der Waals surface area contributed by atoms with Crippen LogP contribution in [0.5, 0.6) is 0 Å². The van der Waals surface area contributed by atoms with Crippen molar-refractivity contribution in [2.24, 2.45) is 0 Å². The first-order valence-corrected chi connectivity index (χ1v) is 6.63. The Labute approximate surface area is 133 Å². The number of rotatable bonds is 2. The Morgan fingerprint density at radius 3 is 2.05 bits per heavy atom. The molecule has 2 aromatic carbocycles. The molecule has 0 atom stereocenters. The lowest BCUT2D eigenvalue weighted by Crippen LogP contribution is -2.13. The first-order valence-electron chi connectivity index (χ1n) is 5.50. The van der Waals surface area contributed by atoms with Gasteiger partial charge in [-0.05, 0) is 24.3 Å². The summed E-state index contributed by atoms with van der Waals surface area (Å²) in [6.07, 6.45) is 0. The molecule has 3 nitrogen and oxygen atoms in total. The lowest BCUT2D eigenvalue weighted by molar-refractivity contribution is 0.102. The number of hydrogen-bond donors (Lipinski definition) is 2. The third-order valence-corrected chi connectivity index (χ3v) is 3.63.